The Balaban J connectivity index is 2.73. The molecule has 0 aliphatic rings. The predicted octanol–water partition coefficient (Wildman–Crippen LogP) is 1.16. The van der Waals surface area contributed by atoms with E-state index in [4.69, 9.17) is 17.3 Å². The molecule has 1 aromatic carbocycles. The lowest BCUT2D eigenvalue weighted by Gasteiger charge is -1.98. The van der Waals surface area contributed by atoms with Gasteiger partial charge < -0.3 is 5.73 Å². The Morgan fingerprint density at radius 3 is 2.54 bits per heavy atom. The zero-order valence-electron chi connectivity index (χ0n) is 6.90. The van der Waals surface area contributed by atoms with Gasteiger partial charge in [-0.05, 0) is 11.6 Å². The number of benzene rings is 1. The topological polar surface area (TPSA) is 55.4 Å². The van der Waals surface area contributed by atoms with E-state index in [0.29, 0.717) is 5.84 Å². The number of halogens is 1. The van der Waals surface area contributed by atoms with Crippen LogP contribution in [0.3, 0.4) is 0 Å². The lowest BCUT2D eigenvalue weighted by atomic mass is 10.2. The quantitative estimate of drug-likeness (QED) is 0.448. The van der Waals surface area contributed by atoms with Crippen LogP contribution in [0.25, 0.3) is 0 Å². The Bertz CT molecular complexity index is 322. The summed E-state index contributed by atoms with van der Waals surface area (Å²) in [6, 6.07) is 9.21. The minimum atomic E-state index is -0.515. The van der Waals surface area contributed by atoms with Gasteiger partial charge in [0.25, 0.3) is 0 Å². The third-order valence-electron chi connectivity index (χ3n) is 1.44. The molecule has 1 rings (SSSR count). The van der Waals surface area contributed by atoms with Crippen LogP contribution in [0.5, 0.6) is 0 Å². The van der Waals surface area contributed by atoms with Crippen molar-refractivity contribution in [1.82, 2.24) is 0 Å². The minimum absolute atomic E-state index is 0.0811. The number of rotatable bonds is 3. The van der Waals surface area contributed by atoms with Gasteiger partial charge in [-0.25, -0.2) is 0 Å². The van der Waals surface area contributed by atoms with Crippen molar-refractivity contribution in [3.05, 3.63) is 35.9 Å². The number of hydrogen-bond donors (Lipinski definition) is 1. The molecule has 0 atom stereocenters. The smallest absolute Gasteiger partial charge is 0.243 e. The van der Waals surface area contributed by atoms with Crippen LogP contribution >= 0.6 is 11.6 Å². The fourth-order valence-electron chi connectivity index (χ4n) is 0.848. The average Bonchev–Trinajstić information content (AvgIpc) is 2.15. The van der Waals surface area contributed by atoms with Crippen LogP contribution in [-0.4, -0.2) is 17.6 Å². The Morgan fingerprint density at radius 2 is 2.00 bits per heavy atom. The van der Waals surface area contributed by atoms with Crippen molar-refractivity contribution in [3.63, 3.8) is 0 Å². The fourth-order valence-corrected chi connectivity index (χ4v) is 0.907. The van der Waals surface area contributed by atoms with Crippen molar-refractivity contribution in [2.45, 2.75) is 0 Å². The van der Waals surface area contributed by atoms with Gasteiger partial charge in [-0.2, -0.15) is 0 Å². The highest BCUT2D eigenvalue weighted by Gasteiger charge is 1.97. The van der Waals surface area contributed by atoms with Crippen LogP contribution in [0.2, 0.25) is 0 Å². The van der Waals surface area contributed by atoms with Gasteiger partial charge in [0.05, 0.1) is 0 Å². The van der Waals surface area contributed by atoms with Crippen molar-refractivity contribution in [3.8, 4) is 0 Å². The second-order valence-corrected chi connectivity index (χ2v) is 2.84. The first kappa shape index (κ1) is 9.74. The van der Waals surface area contributed by atoms with E-state index in [-0.39, 0.29) is 6.54 Å². The lowest BCUT2D eigenvalue weighted by molar-refractivity contribution is -0.110. The lowest BCUT2D eigenvalue weighted by Crippen LogP contribution is -2.14. The molecule has 0 aliphatic heterocycles. The van der Waals surface area contributed by atoms with E-state index < -0.39 is 5.24 Å². The highest BCUT2D eigenvalue weighted by Crippen LogP contribution is 1.97. The first-order valence-electron chi connectivity index (χ1n) is 3.74. The highest BCUT2D eigenvalue weighted by atomic mass is 35.5. The Kier molecular flexibility index (Phi) is 3.46. The van der Waals surface area contributed by atoms with Gasteiger partial charge in [-0.1, -0.05) is 30.3 Å². The molecular formula is C9H9ClN2O. The van der Waals surface area contributed by atoms with Gasteiger partial charge in [0.15, 0.2) is 0 Å². The molecular weight excluding hydrogens is 188 g/mol. The maximum absolute atomic E-state index is 10.4. The average molecular weight is 197 g/mol. The summed E-state index contributed by atoms with van der Waals surface area (Å²) in [6.45, 7) is -0.0811. The van der Waals surface area contributed by atoms with Crippen LogP contribution in [0, 0.1) is 0 Å². The molecule has 0 aromatic heterocycles. The van der Waals surface area contributed by atoms with Gasteiger partial charge in [-0.3, -0.25) is 9.79 Å². The second-order valence-electron chi connectivity index (χ2n) is 2.42. The van der Waals surface area contributed by atoms with Crippen LogP contribution in [0.4, 0.5) is 0 Å². The van der Waals surface area contributed by atoms with E-state index in [1.807, 2.05) is 30.3 Å². The standard InChI is InChI=1S/C9H9ClN2O/c10-8(13)6-12-9(11)7-4-2-1-3-5-7/h1-5H,6H2,(H2,11,12). The van der Waals surface area contributed by atoms with Crippen LogP contribution < -0.4 is 5.73 Å². The molecule has 0 spiro atoms. The van der Waals surface area contributed by atoms with Gasteiger partial charge >= 0.3 is 0 Å². The van der Waals surface area contributed by atoms with Gasteiger partial charge in [-0.15, -0.1) is 0 Å². The number of nitrogens with two attached hydrogens (primary N) is 1. The van der Waals surface area contributed by atoms with Crippen molar-refractivity contribution in [1.29, 1.82) is 0 Å². The van der Waals surface area contributed by atoms with Crippen LogP contribution in [-0.2, 0) is 4.79 Å². The van der Waals surface area contributed by atoms with Gasteiger partial charge in [0.1, 0.15) is 12.4 Å². The summed E-state index contributed by atoms with van der Waals surface area (Å²) in [4.78, 5) is 14.2. The molecule has 4 heteroatoms. The van der Waals surface area contributed by atoms with E-state index in [1.54, 1.807) is 0 Å². The van der Waals surface area contributed by atoms with E-state index in [9.17, 15) is 4.79 Å². The molecule has 0 saturated heterocycles. The molecule has 1 aromatic rings. The molecule has 0 amide bonds. The summed E-state index contributed by atoms with van der Waals surface area (Å²) in [7, 11) is 0. The minimum Gasteiger partial charge on any atom is -0.383 e. The zero-order valence-corrected chi connectivity index (χ0v) is 7.66. The van der Waals surface area contributed by atoms with E-state index >= 15 is 0 Å². The second kappa shape index (κ2) is 4.62. The van der Waals surface area contributed by atoms with E-state index in [0.717, 1.165) is 5.56 Å². The number of carbonyl (C=O) groups excluding carboxylic acids is 1. The monoisotopic (exact) mass is 196 g/mol. The first-order valence-corrected chi connectivity index (χ1v) is 4.11. The number of carbonyl (C=O) groups is 1. The summed E-state index contributed by atoms with van der Waals surface area (Å²) < 4.78 is 0. The fraction of sp³-hybridized carbons (Fsp3) is 0.111. The normalized spacial score (nSPS) is 11.3. The number of nitrogens with zero attached hydrogens (tertiary/aromatic N) is 1. The SMILES string of the molecule is NC(=NCC(=O)Cl)c1ccccc1. The molecule has 68 valence electrons. The predicted molar refractivity (Wildman–Crippen MR) is 52.9 cm³/mol. The summed E-state index contributed by atoms with van der Waals surface area (Å²) in [5, 5.41) is -0.515. The summed E-state index contributed by atoms with van der Waals surface area (Å²) in [5.74, 6) is 0.328. The van der Waals surface area contributed by atoms with Gasteiger partial charge in [0, 0.05) is 5.56 Å². The summed E-state index contributed by atoms with van der Waals surface area (Å²) >= 11 is 5.11. The molecule has 0 heterocycles. The van der Waals surface area contributed by atoms with Crippen molar-refractivity contribution in [2.75, 3.05) is 6.54 Å². The molecule has 3 nitrogen and oxygen atoms in total. The highest BCUT2D eigenvalue weighted by molar-refractivity contribution is 6.64. The van der Waals surface area contributed by atoms with E-state index in [2.05, 4.69) is 4.99 Å². The molecule has 0 bridgehead atoms. The maximum Gasteiger partial charge on any atom is 0.243 e. The number of amidine groups is 1. The maximum atomic E-state index is 10.4. The van der Waals surface area contributed by atoms with Crippen molar-refractivity contribution >= 4 is 22.7 Å². The number of aliphatic imine (C=N–C) groups is 1. The molecule has 0 radical (unpaired) electrons. The third kappa shape index (κ3) is 3.25. The molecule has 0 saturated carbocycles. The summed E-state index contributed by atoms with van der Waals surface area (Å²) in [6.07, 6.45) is 0. The molecule has 0 fully saturated rings. The largest absolute Gasteiger partial charge is 0.383 e. The Labute approximate surface area is 81.2 Å². The van der Waals surface area contributed by atoms with E-state index in [1.165, 1.54) is 0 Å². The Morgan fingerprint density at radius 1 is 1.38 bits per heavy atom. The summed E-state index contributed by atoms with van der Waals surface area (Å²) in [5.41, 5.74) is 6.37. The zero-order chi connectivity index (χ0) is 9.68. The van der Waals surface area contributed by atoms with Crippen LogP contribution in [0.1, 0.15) is 5.56 Å². The molecule has 2 N–H and O–H groups in total. The van der Waals surface area contributed by atoms with Crippen LogP contribution in [0.15, 0.2) is 35.3 Å². The molecule has 0 unspecified atom stereocenters. The number of hydrogen-bond acceptors (Lipinski definition) is 2. The van der Waals surface area contributed by atoms with Crippen molar-refractivity contribution in [2.24, 2.45) is 10.7 Å². The third-order valence-corrected chi connectivity index (χ3v) is 1.56. The van der Waals surface area contributed by atoms with Crippen molar-refractivity contribution < 1.29 is 4.79 Å². The Hall–Kier alpha value is -1.35. The first-order chi connectivity index (χ1) is 6.20. The molecule has 13 heavy (non-hydrogen) atoms. The molecule has 0 aliphatic carbocycles. The van der Waals surface area contributed by atoms with Gasteiger partial charge in [0.2, 0.25) is 5.24 Å².